The van der Waals surface area contributed by atoms with Crippen LogP contribution in [0, 0.1) is 5.92 Å². The molecule has 36 heavy (non-hydrogen) atoms. The first kappa shape index (κ1) is 22.5. The van der Waals surface area contributed by atoms with Gasteiger partial charge < -0.3 is 15.1 Å². The number of aliphatic hydroxyl groups is 1. The second kappa shape index (κ2) is 7.65. The molecule has 6 nitrogen and oxygen atoms in total. The van der Waals surface area contributed by atoms with Crippen LogP contribution in [0.4, 0.5) is 0 Å². The van der Waals surface area contributed by atoms with E-state index < -0.39 is 16.6 Å². The van der Waals surface area contributed by atoms with Gasteiger partial charge in [0.1, 0.15) is 11.3 Å². The van der Waals surface area contributed by atoms with E-state index in [1.807, 2.05) is 47.4 Å². The van der Waals surface area contributed by atoms with Gasteiger partial charge in [-0.25, -0.2) is 0 Å². The van der Waals surface area contributed by atoms with E-state index in [-0.39, 0.29) is 29.9 Å². The maximum Gasteiger partial charge on any atom is 0.231 e. The van der Waals surface area contributed by atoms with Crippen LogP contribution in [0.5, 0.6) is 5.75 Å². The molecule has 2 heterocycles. The van der Waals surface area contributed by atoms with Crippen LogP contribution < -0.4 is 0 Å². The van der Waals surface area contributed by atoms with Crippen molar-refractivity contribution in [2.75, 3.05) is 13.1 Å². The van der Waals surface area contributed by atoms with Gasteiger partial charge in [0, 0.05) is 24.5 Å². The third-order valence-electron chi connectivity index (χ3n) is 10.2. The largest absolute Gasteiger partial charge is 0.508 e. The molecule has 4 atom stereocenters. The maximum atomic E-state index is 13.7. The number of phenols is 1. The van der Waals surface area contributed by atoms with Crippen LogP contribution in [0.2, 0.25) is 0 Å². The normalized spacial score (nSPS) is 35.7. The van der Waals surface area contributed by atoms with E-state index in [4.69, 9.17) is 0 Å². The number of amides is 1. The second-order valence-corrected chi connectivity index (χ2v) is 12.0. The van der Waals surface area contributed by atoms with Crippen molar-refractivity contribution >= 4 is 11.7 Å². The zero-order chi connectivity index (χ0) is 24.7. The van der Waals surface area contributed by atoms with Crippen LogP contribution in [0.25, 0.3) is 0 Å². The summed E-state index contributed by atoms with van der Waals surface area (Å²) in [7, 11) is 0. The number of piperidine rings is 1. The zero-order valence-corrected chi connectivity index (χ0v) is 20.7. The minimum absolute atomic E-state index is 0.00368. The van der Waals surface area contributed by atoms with Crippen molar-refractivity contribution in [2.45, 2.75) is 80.5 Å². The van der Waals surface area contributed by atoms with E-state index in [9.17, 15) is 19.8 Å². The Hall–Kier alpha value is -2.70. The van der Waals surface area contributed by atoms with Crippen LogP contribution in [-0.2, 0) is 28.0 Å². The molecule has 2 bridgehead atoms. The van der Waals surface area contributed by atoms with Gasteiger partial charge in [0.2, 0.25) is 5.91 Å². The number of likely N-dealkylation sites (tertiary alicyclic amines) is 2. The highest BCUT2D eigenvalue weighted by Crippen LogP contribution is 2.62. The molecule has 1 amide bonds. The predicted molar refractivity (Wildman–Crippen MR) is 134 cm³/mol. The van der Waals surface area contributed by atoms with Crippen molar-refractivity contribution in [3.63, 3.8) is 0 Å². The molecule has 0 aromatic heterocycles. The molecule has 3 aliphatic carbocycles. The third kappa shape index (κ3) is 3.04. The summed E-state index contributed by atoms with van der Waals surface area (Å²) in [6, 6.07) is 15.5. The van der Waals surface area contributed by atoms with Crippen LogP contribution in [-0.4, -0.2) is 62.0 Å². The molecular formula is C30H34N2O4. The highest BCUT2D eigenvalue weighted by Gasteiger charge is 2.70. The molecule has 2 N–H and O–H groups in total. The lowest BCUT2D eigenvalue weighted by Crippen LogP contribution is -2.76. The average molecular weight is 487 g/mol. The Morgan fingerprint density at radius 3 is 2.58 bits per heavy atom. The number of hydrogen-bond donors (Lipinski definition) is 2. The van der Waals surface area contributed by atoms with Gasteiger partial charge in [0.05, 0.1) is 12.0 Å². The molecule has 2 saturated carbocycles. The molecule has 4 fully saturated rings. The van der Waals surface area contributed by atoms with Crippen molar-refractivity contribution in [3.8, 4) is 5.75 Å². The van der Waals surface area contributed by atoms with E-state index in [1.54, 1.807) is 6.07 Å². The van der Waals surface area contributed by atoms with Crippen LogP contribution >= 0.6 is 0 Å². The van der Waals surface area contributed by atoms with E-state index >= 15 is 0 Å². The first-order valence-electron chi connectivity index (χ1n) is 13.5. The number of ketones is 1. The summed E-state index contributed by atoms with van der Waals surface area (Å²) in [6.45, 7) is 2.30. The van der Waals surface area contributed by atoms with E-state index in [2.05, 4.69) is 4.90 Å². The Morgan fingerprint density at radius 2 is 1.81 bits per heavy atom. The number of benzene rings is 2. The van der Waals surface area contributed by atoms with Gasteiger partial charge in [0.25, 0.3) is 0 Å². The lowest BCUT2D eigenvalue weighted by molar-refractivity contribution is -0.191. The molecule has 2 aromatic carbocycles. The Kier molecular flexibility index (Phi) is 4.78. The van der Waals surface area contributed by atoms with E-state index in [1.165, 1.54) is 12.8 Å². The molecule has 2 aliphatic heterocycles. The molecule has 0 radical (unpaired) electrons. The van der Waals surface area contributed by atoms with Crippen LogP contribution in [0.1, 0.15) is 61.6 Å². The van der Waals surface area contributed by atoms with Gasteiger partial charge in [0.15, 0.2) is 5.78 Å². The summed E-state index contributed by atoms with van der Waals surface area (Å²) in [5, 5.41) is 23.1. The summed E-state index contributed by atoms with van der Waals surface area (Å²) in [5.74, 6) is 0.802. The molecule has 1 spiro atoms. The second-order valence-electron chi connectivity index (χ2n) is 12.0. The molecule has 2 aromatic rings. The number of nitrogens with zero attached hydrogens (tertiary/aromatic N) is 2. The predicted octanol–water partition coefficient (Wildman–Crippen LogP) is 3.33. The van der Waals surface area contributed by atoms with Gasteiger partial charge in [-0.05, 0) is 86.2 Å². The zero-order valence-electron chi connectivity index (χ0n) is 20.7. The highest BCUT2D eigenvalue weighted by atomic mass is 16.3. The smallest absolute Gasteiger partial charge is 0.231 e. The number of hydrogen-bond acceptors (Lipinski definition) is 5. The standard InChI is InChI=1S/C30H34N2O4/c33-23-9-8-22-14-25-30(36)11-10-29(26(34)16-27(35)32(29)18-20-4-2-1-3-5-20)19-28(30,24(22)15-23)12-13-31(25)17-21-6-7-21/h1-5,8-9,15,21,25,33,36H,6-7,10-14,16-19H2/t25-,28-,29+,30-/m1/s1. The molecule has 5 aliphatic rings. The molecule has 0 unspecified atom stereocenters. The summed E-state index contributed by atoms with van der Waals surface area (Å²) in [5.41, 5.74) is 0.581. The van der Waals surface area contributed by atoms with E-state index in [0.29, 0.717) is 25.8 Å². The first-order chi connectivity index (χ1) is 17.3. The average Bonchev–Trinajstić information content (AvgIpc) is 3.66. The summed E-state index contributed by atoms with van der Waals surface area (Å²) >= 11 is 0. The lowest BCUT2D eigenvalue weighted by atomic mass is 9.46. The lowest BCUT2D eigenvalue weighted by Gasteiger charge is -2.66. The van der Waals surface area contributed by atoms with Gasteiger partial charge in [-0.1, -0.05) is 36.4 Å². The van der Waals surface area contributed by atoms with Gasteiger partial charge >= 0.3 is 0 Å². The number of Topliss-reactive ketones (excluding diaryl/α,β-unsaturated/α-hetero) is 1. The quantitative estimate of drug-likeness (QED) is 0.648. The molecule has 2 saturated heterocycles. The van der Waals surface area contributed by atoms with Crippen molar-refractivity contribution < 1.29 is 19.8 Å². The van der Waals surface area contributed by atoms with Gasteiger partial charge in [-0.15, -0.1) is 0 Å². The van der Waals surface area contributed by atoms with Crippen LogP contribution in [0.15, 0.2) is 48.5 Å². The summed E-state index contributed by atoms with van der Waals surface area (Å²) in [4.78, 5) is 31.3. The summed E-state index contributed by atoms with van der Waals surface area (Å²) < 4.78 is 0. The van der Waals surface area contributed by atoms with Crippen LogP contribution in [0.3, 0.4) is 0 Å². The topological polar surface area (TPSA) is 81.1 Å². The van der Waals surface area contributed by atoms with Crippen molar-refractivity contribution in [1.29, 1.82) is 0 Å². The third-order valence-corrected chi connectivity index (χ3v) is 10.2. The number of carbonyl (C=O) groups is 2. The fraction of sp³-hybridized carbons (Fsp3) is 0.533. The number of phenolic OH excluding ortho intramolecular Hbond substituents is 1. The Bertz CT molecular complexity index is 1240. The van der Waals surface area contributed by atoms with Crippen molar-refractivity contribution in [2.24, 2.45) is 5.92 Å². The number of fused-ring (bicyclic) bond motifs is 1. The first-order valence-corrected chi connectivity index (χ1v) is 13.5. The van der Waals surface area contributed by atoms with Crippen molar-refractivity contribution in [3.05, 3.63) is 65.2 Å². The molecular weight excluding hydrogens is 452 g/mol. The van der Waals surface area contributed by atoms with Gasteiger partial charge in [-0.2, -0.15) is 0 Å². The highest BCUT2D eigenvalue weighted by molar-refractivity contribution is 6.10. The number of rotatable bonds is 4. The Balaban J connectivity index is 1.34. The SMILES string of the molecule is O=C1CC(=O)[C@@]2(CC[C@@]3(O)[C@H]4Cc5ccc(O)cc5[C@@]3(CCN4CC3CC3)C2)N1Cc1ccccc1. The molecule has 7 rings (SSSR count). The fourth-order valence-corrected chi connectivity index (χ4v) is 8.23. The van der Waals surface area contributed by atoms with E-state index in [0.717, 1.165) is 48.5 Å². The molecule has 6 heteroatoms. The monoisotopic (exact) mass is 486 g/mol. The summed E-state index contributed by atoms with van der Waals surface area (Å²) in [6.07, 6.45) is 5.36. The minimum atomic E-state index is -0.990. The van der Waals surface area contributed by atoms with Gasteiger partial charge in [-0.3, -0.25) is 14.5 Å². The Morgan fingerprint density at radius 1 is 1.00 bits per heavy atom. The number of carbonyl (C=O) groups excluding carboxylic acids is 2. The molecule has 188 valence electrons. The van der Waals surface area contributed by atoms with Crippen molar-refractivity contribution in [1.82, 2.24) is 9.80 Å². The maximum absolute atomic E-state index is 13.7. The fourth-order valence-electron chi connectivity index (χ4n) is 8.23. The number of aromatic hydroxyl groups is 1. The minimum Gasteiger partial charge on any atom is -0.508 e. The Labute approximate surface area is 211 Å².